The predicted octanol–water partition coefficient (Wildman–Crippen LogP) is 2.33. The van der Waals surface area contributed by atoms with Crippen molar-refractivity contribution in [3.63, 3.8) is 0 Å². The third-order valence-corrected chi connectivity index (χ3v) is 3.63. The van der Waals surface area contributed by atoms with Gasteiger partial charge in [-0.3, -0.25) is 4.99 Å². The molecule has 1 aliphatic heterocycles. The van der Waals surface area contributed by atoms with Crippen LogP contribution in [0.25, 0.3) is 0 Å². The molecule has 1 fully saturated rings. The van der Waals surface area contributed by atoms with Crippen LogP contribution in [0.3, 0.4) is 0 Å². The van der Waals surface area contributed by atoms with Crippen LogP contribution in [-0.4, -0.2) is 11.9 Å². The summed E-state index contributed by atoms with van der Waals surface area (Å²) in [6.07, 6.45) is 7.83. The molecule has 1 saturated carbocycles. The predicted molar refractivity (Wildman–Crippen MR) is 55.8 cm³/mol. The zero-order valence-electron chi connectivity index (χ0n) is 8.50. The largest absolute Gasteiger partial charge is 0.387 e. The molecule has 13 heavy (non-hydrogen) atoms. The fourth-order valence-corrected chi connectivity index (χ4v) is 2.89. The van der Waals surface area contributed by atoms with Crippen molar-refractivity contribution in [3.8, 4) is 0 Å². The van der Waals surface area contributed by atoms with E-state index < -0.39 is 0 Å². The van der Waals surface area contributed by atoms with E-state index in [4.69, 9.17) is 5.73 Å². The summed E-state index contributed by atoms with van der Waals surface area (Å²) in [6, 6.07) is 0.561. The van der Waals surface area contributed by atoms with Crippen LogP contribution in [0.1, 0.15) is 45.4 Å². The van der Waals surface area contributed by atoms with Crippen LogP contribution in [0.15, 0.2) is 4.99 Å². The quantitative estimate of drug-likeness (QED) is 0.610. The number of amidine groups is 1. The average molecular weight is 180 g/mol. The molecule has 0 saturated heterocycles. The first-order chi connectivity index (χ1) is 6.27. The fraction of sp³-hybridized carbons (Fsp3) is 0.909. The number of nitrogens with two attached hydrogens (primary N) is 1. The minimum absolute atomic E-state index is 0.561. The fourth-order valence-electron chi connectivity index (χ4n) is 2.89. The van der Waals surface area contributed by atoms with Crippen LogP contribution in [-0.2, 0) is 0 Å². The number of aliphatic imine (C=N–C) groups is 1. The lowest BCUT2D eigenvalue weighted by Crippen LogP contribution is -2.34. The third-order valence-electron chi connectivity index (χ3n) is 3.63. The molecule has 0 aromatic carbocycles. The summed E-state index contributed by atoms with van der Waals surface area (Å²) in [5.41, 5.74) is 5.83. The van der Waals surface area contributed by atoms with Gasteiger partial charge in [0, 0.05) is 6.42 Å². The molecule has 0 unspecified atom stereocenters. The van der Waals surface area contributed by atoms with E-state index in [1.54, 1.807) is 0 Å². The number of hydrogen-bond acceptors (Lipinski definition) is 2. The van der Waals surface area contributed by atoms with Gasteiger partial charge in [-0.15, -0.1) is 0 Å². The Morgan fingerprint density at radius 2 is 2.00 bits per heavy atom. The normalized spacial score (nSPS) is 40.4. The molecule has 0 aromatic rings. The minimum atomic E-state index is 0.561. The second-order valence-electron chi connectivity index (χ2n) is 4.67. The van der Waals surface area contributed by atoms with E-state index in [-0.39, 0.29) is 0 Å². The molecule has 3 atom stereocenters. The zero-order valence-corrected chi connectivity index (χ0v) is 8.50. The molecule has 2 aliphatic rings. The number of rotatable bonds is 0. The Morgan fingerprint density at radius 3 is 2.85 bits per heavy atom. The first kappa shape index (κ1) is 9.04. The van der Waals surface area contributed by atoms with E-state index in [1.807, 2.05) is 0 Å². The van der Waals surface area contributed by atoms with Gasteiger partial charge in [0.25, 0.3) is 0 Å². The average Bonchev–Trinajstić information content (AvgIpc) is 2.28. The molecular weight excluding hydrogens is 160 g/mol. The second kappa shape index (κ2) is 3.69. The van der Waals surface area contributed by atoms with Gasteiger partial charge in [-0.2, -0.15) is 0 Å². The molecule has 1 aliphatic carbocycles. The summed E-state index contributed by atoms with van der Waals surface area (Å²) in [6.45, 7) is 2.34. The highest BCUT2D eigenvalue weighted by Crippen LogP contribution is 2.35. The van der Waals surface area contributed by atoms with Gasteiger partial charge in [-0.25, -0.2) is 0 Å². The lowest BCUT2D eigenvalue weighted by molar-refractivity contribution is 0.275. The first-order valence-electron chi connectivity index (χ1n) is 5.59. The summed E-state index contributed by atoms with van der Waals surface area (Å²) >= 11 is 0. The van der Waals surface area contributed by atoms with Crippen molar-refractivity contribution in [1.29, 1.82) is 0 Å². The van der Waals surface area contributed by atoms with Gasteiger partial charge in [0.1, 0.15) is 0 Å². The van der Waals surface area contributed by atoms with Gasteiger partial charge < -0.3 is 5.73 Å². The van der Waals surface area contributed by atoms with Crippen LogP contribution >= 0.6 is 0 Å². The van der Waals surface area contributed by atoms with E-state index >= 15 is 0 Å². The van der Waals surface area contributed by atoms with Crippen molar-refractivity contribution >= 4 is 5.84 Å². The second-order valence-corrected chi connectivity index (χ2v) is 4.67. The Balaban J connectivity index is 2.14. The molecule has 2 heteroatoms. The highest BCUT2D eigenvalue weighted by Gasteiger charge is 2.31. The highest BCUT2D eigenvalue weighted by atomic mass is 14.9. The van der Waals surface area contributed by atoms with E-state index in [2.05, 4.69) is 11.9 Å². The molecule has 2 N–H and O–H groups in total. The van der Waals surface area contributed by atoms with Crippen molar-refractivity contribution in [2.24, 2.45) is 22.6 Å². The summed E-state index contributed by atoms with van der Waals surface area (Å²) < 4.78 is 0. The lowest BCUT2D eigenvalue weighted by atomic mass is 9.80. The van der Waals surface area contributed by atoms with Gasteiger partial charge in [0.15, 0.2) is 0 Å². The molecule has 74 valence electrons. The Bertz CT molecular complexity index is 210. The summed E-state index contributed by atoms with van der Waals surface area (Å²) in [7, 11) is 0. The Kier molecular flexibility index (Phi) is 2.56. The van der Waals surface area contributed by atoms with Crippen molar-refractivity contribution in [2.75, 3.05) is 0 Å². The number of hydrogen-bond donors (Lipinski definition) is 1. The summed E-state index contributed by atoms with van der Waals surface area (Å²) in [4.78, 5) is 4.61. The van der Waals surface area contributed by atoms with Crippen LogP contribution in [0.4, 0.5) is 0 Å². The highest BCUT2D eigenvalue weighted by molar-refractivity contribution is 5.81. The lowest BCUT2D eigenvalue weighted by Gasteiger charge is -2.32. The maximum Gasteiger partial charge on any atom is 0.0943 e. The standard InChI is InChI=1S/C11H20N2/c1-8-7-11(12)13-10-6-4-2-3-5-9(8)10/h8-10H,2-7H2,1H3,(H2,12,13)/t8-,9-,10-/m0/s1. The van der Waals surface area contributed by atoms with Crippen molar-refractivity contribution in [3.05, 3.63) is 0 Å². The Morgan fingerprint density at radius 1 is 1.23 bits per heavy atom. The van der Waals surface area contributed by atoms with E-state index in [0.717, 1.165) is 24.1 Å². The molecular formula is C11H20N2. The topological polar surface area (TPSA) is 38.4 Å². The van der Waals surface area contributed by atoms with Gasteiger partial charge in [0.05, 0.1) is 11.9 Å². The van der Waals surface area contributed by atoms with E-state index in [1.165, 1.54) is 32.1 Å². The molecule has 1 heterocycles. The van der Waals surface area contributed by atoms with Crippen LogP contribution in [0, 0.1) is 11.8 Å². The van der Waals surface area contributed by atoms with Crippen molar-refractivity contribution < 1.29 is 0 Å². The number of nitrogens with zero attached hydrogens (tertiary/aromatic N) is 1. The first-order valence-corrected chi connectivity index (χ1v) is 5.59. The SMILES string of the molecule is C[C@H]1CC(N)=N[C@H]2CCCCC[C@H]21. The maximum atomic E-state index is 5.83. The van der Waals surface area contributed by atoms with Gasteiger partial charge >= 0.3 is 0 Å². The molecule has 2 nitrogen and oxygen atoms in total. The van der Waals surface area contributed by atoms with Gasteiger partial charge in [-0.05, 0) is 24.7 Å². The van der Waals surface area contributed by atoms with Gasteiger partial charge in [0.2, 0.25) is 0 Å². The molecule has 0 amide bonds. The van der Waals surface area contributed by atoms with E-state index in [0.29, 0.717) is 6.04 Å². The van der Waals surface area contributed by atoms with Crippen LogP contribution in [0.2, 0.25) is 0 Å². The van der Waals surface area contributed by atoms with Crippen molar-refractivity contribution in [2.45, 2.75) is 51.5 Å². The van der Waals surface area contributed by atoms with E-state index in [9.17, 15) is 0 Å². The smallest absolute Gasteiger partial charge is 0.0943 e. The van der Waals surface area contributed by atoms with Crippen molar-refractivity contribution in [1.82, 2.24) is 0 Å². The zero-order chi connectivity index (χ0) is 9.26. The Labute approximate surface area is 80.6 Å². The maximum absolute atomic E-state index is 5.83. The monoisotopic (exact) mass is 180 g/mol. The molecule has 2 rings (SSSR count). The molecule has 0 radical (unpaired) electrons. The van der Waals surface area contributed by atoms with Crippen LogP contribution in [0.5, 0.6) is 0 Å². The Hall–Kier alpha value is -0.530. The molecule has 0 aromatic heterocycles. The van der Waals surface area contributed by atoms with Crippen LogP contribution < -0.4 is 5.73 Å². The summed E-state index contributed by atoms with van der Waals surface area (Å²) in [5, 5.41) is 0. The van der Waals surface area contributed by atoms with Gasteiger partial charge in [-0.1, -0.05) is 26.2 Å². The molecule has 0 spiro atoms. The third kappa shape index (κ3) is 1.87. The number of fused-ring (bicyclic) bond motifs is 1. The molecule has 0 bridgehead atoms. The minimum Gasteiger partial charge on any atom is -0.387 e. The summed E-state index contributed by atoms with van der Waals surface area (Å²) in [5.74, 6) is 2.49.